The lowest BCUT2D eigenvalue weighted by atomic mass is 10.0. The summed E-state index contributed by atoms with van der Waals surface area (Å²) in [5, 5.41) is 7.14. The quantitative estimate of drug-likeness (QED) is 0.820. The Balaban J connectivity index is 1.81. The highest BCUT2D eigenvalue weighted by Crippen LogP contribution is 2.16. The minimum Gasteiger partial charge on any atom is -0.390 e. The zero-order valence-corrected chi connectivity index (χ0v) is 10.1. The van der Waals surface area contributed by atoms with Crippen LogP contribution >= 0.6 is 0 Å². The molecule has 92 valence electrons. The third-order valence-electron chi connectivity index (χ3n) is 2.59. The molecule has 17 heavy (non-hydrogen) atoms. The fraction of sp³-hybridized carbons (Fsp3) is 0.545. The summed E-state index contributed by atoms with van der Waals surface area (Å²) in [5.41, 5.74) is 6.66. The number of aromatic nitrogens is 2. The van der Waals surface area contributed by atoms with Crippen LogP contribution in [0.3, 0.4) is 0 Å². The molecule has 1 aliphatic rings. The molecule has 1 aromatic rings. The highest BCUT2D eigenvalue weighted by Gasteiger charge is 2.22. The van der Waals surface area contributed by atoms with Crippen molar-refractivity contribution < 1.29 is 4.84 Å². The molecule has 2 heterocycles. The summed E-state index contributed by atoms with van der Waals surface area (Å²) in [7, 11) is 0. The molecular formula is C11H17N5O. The second-order valence-electron chi connectivity index (χ2n) is 4.35. The van der Waals surface area contributed by atoms with Crippen LogP contribution in [0.1, 0.15) is 20.3 Å². The topological polar surface area (TPSA) is 85.4 Å². The van der Waals surface area contributed by atoms with Crippen LogP contribution < -0.4 is 11.1 Å². The summed E-state index contributed by atoms with van der Waals surface area (Å²) in [6, 6.07) is 1.65. The first-order valence-electron chi connectivity index (χ1n) is 5.70. The highest BCUT2D eigenvalue weighted by molar-refractivity contribution is 5.87. The van der Waals surface area contributed by atoms with Gasteiger partial charge in [0.2, 0.25) is 5.95 Å². The Labute approximate surface area is 100 Å². The third kappa shape index (κ3) is 3.05. The lowest BCUT2D eigenvalue weighted by molar-refractivity contribution is 0.0947. The zero-order valence-electron chi connectivity index (χ0n) is 10.1. The summed E-state index contributed by atoms with van der Waals surface area (Å²) in [5.74, 6) is 1.41. The number of nitrogens with two attached hydrogens (primary N) is 1. The van der Waals surface area contributed by atoms with Crippen molar-refractivity contribution in [3.63, 3.8) is 0 Å². The number of oxime groups is 1. The Kier molecular flexibility index (Phi) is 3.41. The molecule has 6 nitrogen and oxygen atoms in total. The van der Waals surface area contributed by atoms with Gasteiger partial charge in [-0.15, -0.1) is 0 Å². The molecule has 0 spiro atoms. The molecule has 3 N–H and O–H groups in total. The van der Waals surface area contributed by atoms with Crippen molar-refractivity contribution in [1.82, 2.24) is 9.97 Å². The number of hydrogen-bond acceptors (Lipinski definition) is 6. The normalized spacial score (nSPS) is 19.0. The first kappa shape index (κ1) is 11.6. The Hall–Kier alpha value is -1.85. The number of nitrogens with zero attached hydrogens (tertiary/aromatic N) is 3. The van der Waals surface area contributed by atoms with Crippen LogP contribution in [-0.4, -0.2) is 28.3 Å². The Morgan fingerprint density at radius 1 is 1.59 bits per heavy atom. The van der Waals surface area contributed by atoms with Gasteiger partial charge < -0.3 is 15.9 Å². The van der Waals surface area contributed by atoms with Gasteiger partial charge in [0, 0.05) is 12.6 Å². The second-order valence-corrected chi connectivity index (χ2v) is 4.35. The number of nitrogens with one attached hydrogen (secondary N) is 1. The van der Waals surface area contributed by atoms with E-state index < -0.39 is 0 Å². The van der Waals surface area contributed by atoms with E-state index in [0.29, 0.717) is 24.2 Å². The van der Waals surface area contributed by atoms with Crippen LogP contribution in [0.15, 0.2) is 17.4 Å². The molecule has 0 amide bonds. The maximum absolute atomic E-state index is 5.56. The number of hydrogen-bond donors (Lipinski definition) is 2. The number of rotatable bonds is 4. The summed E-state index contributed by atoms with van der Waals surface area (Å²) < 4.78 is 0. The Morgan fingerprint density at radius 3 is 3.06 bits per heavy atom. The summed E-state index contributed by atoms with van der Waals surface area (Å²) in [4.78, 5) is 13.4. The Bertz CT molecular complexity index is 418. The third-order valence-corrected chi connectivity index (χ3v) is 2.59. The summed E-state index contributed by atoms with van der Waals surface area (Å²) in [6.45, 7) is 4.85. The van der Waals surface area contributed by atoms with Gasteiger partial charge in [0.1, 0.15) is 11.9 Å². The van der Waals surface area contributed by atoms with Crippen LogP contribution in [0, 0.1) is 5.92 Å². The van der Waals surface area contributed by atoms with Gasteiger partial charge >= 0.3 is 0 Å². The number of anilines is 2. The van der Waals surface area contributed by atoms with E-state index in [4.69, 9.17) is 10.6 Å². The van der Waals surface area contributed by atoms with E-state index in [9.17, 15) is 0 Å². The average Bonchev–Trinajstić information content (AvgIpc) is 2.75. The van der Waals surface area contributed by atoms with Crippen LogP contribution in [0.5, 0.6) is 0 Å². The van der Waals surface area contributed by atoms with Gasteiger partial charge in [0.15, 0.2) is 0 Å². The molecule has 0 aliphatic carbocycles. The van der Waals surface area contributed by atoms with Gasteiger partial charge in [0.25, 0.3) is 0 Å². The van der Waals surface area contributed by atoms with E-state index in [1.54, 1.807) is 12.3 Å². The lowest BCUT2D eigenvalue weighted by Crippen LogP contribution is -2.22. The smallest absolute Gasteiger partial charge is 0.224 e. The van der Waals surface area contributed by atoms with E-state index >= 15 is 0 Å². The van der Waals surface area contributed by atoms with E-state index in [1.807, 2.05) is 0 Å². The van der Waals surface area contributed by atoms with Crippen molar-refractivity contribution in [1.29, 1.82) is 0 Å². The minimum absolute atomic E-state index is 0.0532. The van der Waals surface area contributed by atoms with Crippen molar-refractivity contribution in [2.75, 3.05) is 17.6 Å². The van der Waals surface area contributed by atoms with E-state index in [2.05, 4.69) is 34.3 Å². The minimum atomic E-state index is 0.0532. The molecule has 1 atom stereocenters. The standard InChI is InChI=1S/C11H17N5O/c1-7(2)9-5-8(17-16-9)6-14-11-13-4-3-10(12)15-11/h3-4,7-8H,5-6H2,1-2H3,(H3,12,13,14,15). The molecule has 1 unspecified atom stereocenters. The predicted molar refractivity (Wildman–Crippen MR) is 66.7 cm³/mol. The van der Waals surface area contributed by atoms with E-state index in [1.165, 1.54) is 0 Å². The van der Waals surface area contributed by atoms with Gasteiger partial charge in [-0.3, -0.25) is 0 Å². The predicted octanol–water partition coefficient (Wildman–Crippen LogP) is 1.27. The maximum Gasteiger partial charge on any atom is 0.224 e. The molecule has 0 fully saturated rings. The first-order valence-corrected chi connectivity index (χ1v) is 5.70. The zero-order chi connectivity index (χ0) is 12.3. The molecule has 0 saturated heterocycles. The molecule has 0 bridgehead atoms. The summed E-state index contributed by atoms with van der Waals surface area (Å²) >= 11 is 0. The van der Waals surface area contributed by atoms with Gasteiger partial charge in [-0.05, 0) is 12.0 Å². The number of nitrogen functional groups attached to an aromatic ring is 1. The lowest BCUT2D eigenvalue weighted by Gasteiger charge is -2.09. The molecule has 0 aromatic carbocycles. The van der Waals surface area contributed by atoms with E-state index in [0.717, 1.165) is 12.1 Å². The van der Waals surface area contributed by atoms with Crippen LogP contribution in [0.2, 0.25) is 0 Å². The van der Waals surface area contributed by atoms with Gasteiger partial charge in [-0.2, -0.15) is 4.98 Å². The van der Waals surface area contributed by atoms with Crippen molar-refractivity contribution in [2.24, 2.45) is 11.1 Å². The fourth-order valence-electron chi connectivity index (χ4n) is 1.56. The first-order chi connectivity index (χ1) is 8.15. The van der Waals surface area contributed by atoms with Crippen molar-refractivity contribution in [3.05, 3.63) is 12.3 Å². The second kappa shape index (κ2) is 4.99. The van der Waals surface area contributed by atoms with Crippen molar-refractivity contribution in [3.8, 4) is 0 Å². The molecule has 0 radical (unpaired) electrons. The maximum atomic E-state index is 5.56. The fourth-order valence-corrected chi connectivity index (χ4v) is 1.56. The molecule has 1 aromatic heterocycles. The van der Waals surface area contributed by atoms with Crippen LogP contribution in [0.4, 0.5) is 11.8 Å². The molecule has 1 aliphatic heterocycles. The Morgan fingerprint density at radius 2 is 2.41 bits per heavy atom. The molecule has 6 heteroatoms. The molecular weight excluding hydrogens is 218 g/mol. The van der Waals surface area contributed by atoms with Gasteiger partial charge in [-0.25, -0.2) is 4.98 Å². The van der Waals surface area contributed by atoms with Crippen molar-refractivity contribution >= 4 is 17.5 Å². The molecule has 0 saturated carbocycles. The summed E-state index contributed by atoms with van der Waals surface area (Å²) in [6.07, 6.45) is 2.53. The van der Waals surface area contributed by atoms with Crippen LogP contribution in [0.25, 0.3) is 0 Å². The van der Waals surface area contributed by atoms with Crippen LogP contribution in [-0.2, 0) is 4.84 Å². The average molecular weight is 235 g/mol. The highest BCUT2D eigenvalue weighted by atomic mass is 16.6. The van der Waals surface area contributed by atoms with Gasteiger partial charge in [-0.1, -0.05) is 19.0 Å². The van der Waals surface area contributed by atoms with Crippen molar-refractivity contribution in [2.45, 2.75) is 26.4 Å². The largest absolute Gasteiger partial charge is 0.390 e. The molecule has 2 rings (SSSR count). The SMILES string of the molecule is CC(C)C1=NOC(CNc2nccc(N)n2)C1. The van der Waals surface area contributed by atoms with E-state index in [-0.39, 0.29) is 6.10 Å². The monoisotopic (exact) mass is 235 g/mol. The van der Waals surface area contributed by atoms with Gasteiger partial charge in [0.05, 0.1) is 12.3 Å².